The fraction of sp³-hybridized carbons (Fsp3) is 0.100. The summed E-state index contributed by atoms with van der Waals surface area (Å²) < 4.78 is 23.4. The predicted molar refractivity (Wildman–Crippen MR) is 62.4 cm³/mol. The fourth-order valence-corrected chi connectivity index (χ4v) is 1.24. The second-order valence-electron chi connectivity index (χ2n) is 2.84. The van der Waals surface area contributed by atoms with Crippen molar-refractivity contribution in [2.24, 2.45) is 0 Å². The summed E-state index contributed by atoms with van der Waals surface area (Å²) in [5.41, 5.74) is 0. The van der Waals surface area contributed by atoms with Gasteiger partial charge in [0.05, 0.1) is 6.26 Å². The molecule has 0 aliphatic carbocycles. The zero-order valence-corrected chi connectivity index (χ0v) is 13.3. The number of rotatable bonds is 2. The van der Waals surface area contributed by atoms with Crippen molar-refractivity contribution in [1.82, 2.24) is 15.0 Å². The van der Waals surface area contributed by atoms with E-state index in [0.29, 0.717) is 0 Å². The molecule has 0 saturated heterocycles. The Morgan fingerprint density at radius 2 is 2.06 bits per heavy atom. The largest absolute Gasteiger partial charge is 0.376 e. The van der Waals surface area contributed by atoms with Crippen LogP contribution in [0.4, 0.5) is 5.82 Å². The number of sulfonamides is 1. The topological polar surface area (TPSA) is 84.8 Å². The molecular weight excluding hydrogens is 329 g/mol. The molecule has 0 bridgehead atoms. The Kier molecular flexibility index (Phi) is 8.61. The van der Waals surface area contributed by atoms with Crippen LogP contribution in [0.3, 0.4) is 0 Å². The van der Waals surface area contributed by atoms with Crippen LogP contribution in [0.5, 0.6) is 0 Å². The van der Waals surface area contributed by atoms with Gasteiger partial charge in [-0.2, -0.15) is 6.07 Å². The van der Waals surface area contributed by atoms with Crippen molar-refractivity contribution in [1.29, 1.82) is 0 Å². The monoisotopic (exact) mass is 339 g/mol. The average molecular weight is 339 g/mol. The quantitative estimate of drug-likeness (QED) is 0.807. The van der Waals surface area contributed by atoms with Gasteiger partial charge in [0.1, 0.15) is 0 Å². The Bertz CT molecular complexity index is 495. The molecule has 0 atom stereocenters. The normalized spacial score (nSPS) is 9.39. The maximum absolute atomic E-state index is 10.6. The van der Waals surface area contributed by atoms with Crippen molar-refractivity contribution in [2.45, 2.75) is 0 Å². The van der Waals surface area contributed by atoms with Gasteiger partial charge in [0.2, 0.25) is 10.0 Å². The van der Waals surface area contributed by atoms with E-state index < -0.39 is 10.0 Å². The maximum atomic E-state index is 10.6. The molecule has 1 N–H and O–H groups in total. The molecule has 0 unspecified atom stereocenters. The number of nitrogens with one attached hydrogen (secondary N) is 1. The zero-order chi connectivity index (χ0) is 12.6. The van der Waals surface area contributed by atoms with E-state index in [0.717, 1.165) is 6.26 Å². The van der Waals surface area contributed by atoms with Crippen molar-refractivity contribution >= 4 is 15.8 Å². The third kappa shape index (κ3) is 9.15. The molecule has 18 heavy (non-hydrogen) atoms. The molecule has 0 aliphatic heterocycles. The van der Waals surface area contributed by atoms with Gasteiger partial charge in [0.25, 0.3) is 0 Å². The molecule has 2 aromatic rings. The number of aromatic nitrogens is 3. The molecule has 0 amide bonds. The van der Waals surface area contributed by atoms with Crippen molar-refractivity contribution < 1.29 is 41.1 Å². The summed E-state index contributed by atoms with van der Waals surface area (Å²) >= 11 is 0. The Labute approximate surface area is 131 Å². The van der Waals surface area contributed by atoms with Crippen molar-refractivity contribution in [3.05, 3.63) is 49.2 Å². The van der Waals surface area contributed by atoms with Gasteiger partial charge in [-0.15, -0.1) is 6.07 Å². The van der Waals surface area contributed by atoms with Gasteiger partial charge in [-0.1, -0.05) is 18.6 Å². The molecule has 0 fully saturated rings. The van der Waals surface area contributed by atoms with E-state index in [-0.39, 0.29) is 38.5 Å². The van der Waals surface area contributed by atoms with Gasteiger partial charge < -0.3 is 9.97 Å². The number of pyridine rings is 1. The number of anilines is 1. The van der Waals surface area contributed by atoms with E-state index in [1.165, 1.54) is 12.5 Å². The van der Waals surface area contributed by atoms with Crippen molar-refractivity contribution in [3.8, 4) is 0 Å². The number of hydrogen-bond donors (Lipinski definition) is 1. The predicted octanol–water partition coefficient (Wildman–Crippen LogP) is 0.528. The maximum Gasteiger partial charge on any atom is 0.229 e. The van der Waals surface area contributed by atoms with Crippen LogP contribution in [0, 0.1) is 12.3 Å². The molecule has 0 saturated carbocycles. The number of nitrogens with zero attached hydrogens (tertiary/aromatic N) is 3. The summed E-state index contributed by atoms with van der Waals surface area (Å²) in [6.07, 6.45) is 8.21. The van der Waals surface area contributed by atoms with Crippen LogP contribution in [-0.2, 0) is 42.7 Å². The Morgan fingerprint density at radius 3 is 2.39 bits per heavy atom. The SMILES string of the molecule is CS(=O)(=O)Nc1[c-]cccn1.[Y].[c-]1ccncn1. The van der Waals surface area contributed by atoms with Gasteiger partial charge in [-0.05, 0) is 6.33 Å². The summed E-state index contributed by atoms with van der Waals surface area (Å²) in [4.78, 5) is 10.9. The van der Waals surface area contributed by atoms with Crippen LogP contribution < -0.4 is 4.72 Å². The Balaban J connectivity index is 0.000000352. The minimum atomic E-state index is -3.22. The molecule has 6 nitrogen and oxygen atoms in total. The van der Waals surface area contributed by atoms with Gasteiger partial charge in [0, 0.05) is 38.5 Å². The second-order valence-corrected chi connectivity index (χ2v) is 4.59. The van der Waals surface area contributed by atoms with Crippen LogP contribution in [0.1, 0.15) is 0 Å². The van der Waals surface area contributed by atoms with Crippen molar-refractivity contribution in [3.63, 3.8) is 0 Å². The minimum absolute atomic E-state index is 0. The van der Waals surface area contributed by atoms with Crippen molar-refractivity contribution in [2.75, 3.05) is 11.0 Å². The number of hydrogen-bond acceptors (Lipinski definition) is 5. The molecule has 2 rings (SSSR count). The molecule has 0 aromatic carbocycles. The molecule has 0 spiro atoms. The standard InChI is InChI=1S/C6H7N2O2S.C4H3N2.Y/c1-11(9,10)8-6-4-2-3-5-7-6;1-2-5-4-6-3-1;/h2-3,5H,1H3,(H,7,8);1-2,4H;/q2*-1;. The van der Waals surface area contributed by atoms with E-state index in [4.69, 9.17) is 0 Å². The first-order valence-corrected chi connectivity index (χ1v) is 6.39. The molecule has 1 radical (unpaired) electrons. The summed E-state index contributed by atoms with van der Waals surface area (Å²) in [6.45, 7) is 0. The van der Waals surface area contributed by atoms with Gasteiger partial charge >= 0.3 is 0 Å². The smallest absolute Gasteiger partial charge is 0.229 e. The Hall–Kier alpha value is -0.916. The summed E-state index contributed by atoms with van der Waals surface area (Å²) in [7, 11) is -3.22. The third-order valence-electron chi connectivity index (χ3n) is 1.32. The molecule has 8 heteroatoms. The van der Waals surface area contributed by atoms with Crippen LogP contribution in [0.2, 0.25) is 0 Å². The molecular formula is C10H10N4O2SY-2. The summed E-state index contributed by atoms with van der Waals surface area (Å²) in [5.74, 6) is 0.218. The van der Waals surface area contributed by atoms with E-state index >= 15 is 0 Å². The van der Waals surface area contributed by atoms with E-state index in [9.17, 15) is 8.42 Å². The summed E-state index contributed by atoms with van der Waals surface area (Å²) in [6, 6.07) is 7.52. The van der Waals surface area contributed by atoms with Crippen LogP contribution >= 0.6 is 0 Å². The van der Waals surface area contributed by atoms with Crippen LogP contribution in [-0.4, -0.2) is 29.6 Å². The molecule has 0 aliphatic rings. The van der Waals surface area contributed by atoms with E-state index in [1.54, 1.807) is 24.4 Å². The first-order chi connectivity index (χ1) is 8.08. The van der Waals surface area contributed by atoms with Crippen LogP contribution in [0.25, 0.3) is 0 Å². The first-order valence-electron chi connectivity index (χ1n) is 4.50. The van der Waals surface area contributed by atoms with Gasteiger partial charge in [-0.3, -0.25) is 9.71 Å². The van der Waals surface area contributed by atoms with Gasteiger partial charge in [-0.25, -0.2) is 20.6 Å². The van der Waals surface area contributed by atoms with E-state index in [2.05, 4.69) is 31.9 Å². The summed E-state index contributed by atoms with van der Waals surface area (Å²) in [5, 5.41) is 0. The first kappa shape index (κ1) is 17.1. The molecule has 2 aromatic heterocycles. The van der Waals surface area contributed by atoms with Gasteiger partial charge in [0.15, 0.2) is 0 Å². The molecule has 2 heterocycles. The zero-order valence-electron chi connectivity index (χ0n) is 9.61. The second kappa shape index (κ2) is 9.07. The minimum Gasteiger partial charge on any atom is -0.376 e. The molecule has 93 valence electrons. The third-order valence-corrected chi connectivity index (χ3v) is 1.89. The van der Waals surface area contributed by atoms with Crippen LogP contribution in [0.15, 0.2) is 36.9 Å². The average Bonchev–Trinajstić information content (AvgIpc) is 2.31. The fourth-order valence-electron chi connectivity index (χ4n) is 0.781. The Morgan fingerprint density at radius 1 is 1.28 bits per heavy atom. The van der Waals surface area contributed by atoms with E-state index in [1.807, 2.05) is 0 Å².